The van der Waals surface area contributed by atoms with E-state index in [2.05, 4.69) is 5.10 Å². The summed E-state index contributed by atoms with van der Waals surface area (Å²) in [7, 11) is 0. The molecule has 5 nitrogen and oxygen atoms in total. The first-order valence-electron chi connectivity index (χ1n) is 7.15. The van der Waals surface area contributed by atoms with Gasteiger partial charge in [0.15, 0.2) is 0 Å². The number of aromatic nitrogens is 2. The Balaban J connectivity index is 2.50. The van der Waals surface area contributed by atoms with Crippen LogP contribution in [0.15, 0.2) is 29.1 Å². The Morgan fingerprint density at radius 2 is 1.77 bits per heavy atom. The minimum atomic E-state index is -0.276. The van der Waals surface area contributed by atoms with Crippen molar-refractivity contribution in [3.63, 3.8) is 0 Å². The van der Waals surface area contributed by atoms with Crippen LogP contribution < -0.4 is 5.43 Å². The second kappa shape index (κ2) is 4.10. The van der Waals surface area contributed by atoms with Gasteiger partial charge >= 0.3 is 0 Å². The lowest BCUT2D eigenvalue weighted by atomic mass is 10.0. The van der Waals surface area contributed by atoms with E-state index in [1.165, 1.54) is 12.1 Å². The van der Waals surface area contributed by atoms with Gasteiger partial charge in [-0.25, -0.2) is 4.52 Å². The lowest BCUT2D eigenvalue weighted by Crippen LogP contribution is -2.08. The average Bonchev–Trinajstić information content (AvgIpc) is 2.87. The van der Waals surface area contributed by atoms with Crippen molar-refractivity contribution in [3.8, 4) is 11.5 Å². The molecule has 2 N–H and O–H groups in total. The van der Waals surface area contributed by atoms with Crippen molar-refractivity contribution in [2.75, 3.05) is 0 Å². The highest BCUT2D eigenvalue weighted by Gasteiger charge is 2.21. The molecule has 5 heteroatoms. The molecular weight excluding hydrogens is 280 g/mol. The number of hydrogen-bond donors (Lipinski definition) is 2. The van der Waals surface area contributed by atoms with Crippen LogP contribution in [0.2, 0.25) is 0 Å². The molecule has 22 heavy (non-hydrogen) atoms. The molecule has 2 aromatic carbocycles. The van der Waals surface area contributed by atoms with Crippen molar-refractivity contribution >= 4 is 27.2 Å². The van der Waals surface area contributed by atoms with Crippen LogP contribution in [-0.2, 0) is 6.42 Å². The topological polar surface area (TPSA) is 74.8 Å². The maximum Gasteiger partial charge on any atom is 0.201 e. The smallest absolute Gasteiger partial charge is 0.201 e. The van der Waals surface area contributed by atoms with Gasteiger partial charge in [-0.3, -0.25) is 4.79 Å². The molecule has 0 amide bonds. The molecule has 2 heterocycles. The summed E-state index contributed by atoms with van der Waals surface area (Å²) < 4.78 is 1.59. The van der Waals surface area contributed by atoms with E-state index in [0.29, 0.717) is 10.9 Å². The van der Waals surface area contributed by atoms with Crippen LogP contribution in [0.4, 0.5) is 0 Å². The molecular formula is C17H14N2O3. The monoisotopic (exact) mass is 294 g/mol. The third-order valence-corrected chi connectivity index (χ3v) is 4.27. The van der Waals surface area contributed by atoms with Gasteiger partial charge in [0.1, 0.15) is 17.0 Å². The second-order valence-electron chi connectivity index (χ2n) is 5.52. The Bertz CT molecular complexity index is 1110. The lowest BCUT2D eigenvalue weighted by Gasteiger charge is -2.09. The summed E-state index contributed by atoms with van der Waals surface area (Å²) >= 11 is 0. The highest BCUT2D eigenvalue weighted by Crippen LogP contribution is 2.34. The van der Waals surface area contributed by atoms with Gasteiger partial charge in [-0.1, -0.05) is 19.1 Å². The molecule has 0 saturated heterocycles. The molecule has 0 atom stereocenters. The molecule has 0 spiro atoms. The quantitative estimate of drug-likeness (QED) is 0.418. The zero-order valence-corrected chi connectivity index (χ0v) is 12.2. The summed E-state index contributed by atoms with van der Waals surface area (Å²) in [6.45, 7) is 3.86. The van der Waals surface area contributed by atoms with Crippen LogP contribution in [0.1, 0.15) is 18.2 Å². The van der Waals surface area contributed by atoms with Gasteiger partial charge in [-0.15, -0.1) is 0 Å². The first-order chi connectivity index (χ1) is 10.5. The maximum absolute atomic E-state index is 12.9. The molecule has 4 rings (SSSR count). The van der Waals surface area contributed by atoms with Crippen LogP contribution in [0.3, 0.4) is 0 Å². The Kier molecular flexibility index (Phi) is 2.40. The molecule has 4 aromatic rings. The standard InChI is InChI=1S/C17H14N2O3/c1-3-10-9-5-4-8(2)13-15(9)19(18-10)16-12(21)7-6-11(20)14(16)17(13)22/h4-7,20-21H,3H2,1-2H3. The highest BCUT2D eigenvalue weighted by molar-refractivity contribution is 6.07. The van der Waals surface area contributed by atoms with Crippen LogP contribution in [0.25, 0.3) is 27.2 Å². The van der Waals surface area contributed by atoms with Crippen molar-refractivity contribution in [2.24, 2.45) is 0 Å². The van der Waals surface area contributed by atoms with Crippen LogP contribution >= 0.6 is 0 Å². The van der Waals surface area contributed by atoms with E-state index in [4.69, 9.17) is 0 Å². The van der Waals surface area contributed by atoms with E-state index < -0.39 is 0 Å². The lowest BCUT2D eigenvalue weighted by molar-refractivity contribution is 0.467. The Morgan fingerprint density at radius 1 is 1.05 bits per heavy atom. The minimum absolute atomic E-state index is 0.0691. The zero-order valence-electron chi connectivity index (χ0n) is 12.2. The normalized spacial score (nSPS) is 11.9. The first-order valence-corrected chi connectivity index (χ1v) is 7.15. The fraction of sp³-hybridized carbons (Fsp3) is 0.176. The molecule has 0 aliphatic heterocycles. The Hall–Kier alpha value is -2.82. The van der Waals surface area contributed by atoms with Crippen LogP contribution in [0, 0.1) is 6.92 Å². The molecule has 0 fully saturated rings. The van der Waals surface area contributed by atoms with Gasteiger partial charge in [-0.05, 0) is 31.0 Å². The predicted octanol–water partition coefficient (Wildman–Crippen LogP) is 2.72. The van der Waals surface area contributed by atoms with Crippen LogP contribution in [0.5, 0.6) is 11.5 Å². The third kappa shape index (κ3) is 1.38. The fourth-order valence-electron chi connectivity index (χ4n) is 3.21. The third-order valence-electron chi connectivity index (χ3n) is 4.27. The van der Waals surface area contributed by atoms with Crippen molar-refractivity contribution in [1.29, 1.82) is 0 Å². The van der Waals surface area contributed by atoms with Gasteiger partial charge in [0.25, 0.3) is 0 Å². The number of aromatic hydroxyl groups is 2. The average molecular weight is 294 g/mol. The number of hydrogen-bond acceptors (Lipinski definition) is 4. The molecule has 0 bridgehead atoms. The predicted molar refractivity (Wildman–Crippen MR) is 85.1 cm³/mol. The van der Waals surface area contributed by atoms with E-state index >= 15 is 0 Å². The summed E-state index contributed by atoms with van der Waals surface area (Å²) in [5.41, 5.74) is 2.37. The number of rotatable bonds is 1. The molecule has 0 aliphatic rings. The number of pyridine rings is 1. The molecule has 2 aromatic heterocycles. The van der Waals surface area contributed by atoms with E-state index in [-0.39, 0.29) is 27.8 Å². The number of phenolic OH excluding ortho intramolecular Hbond substituents is 2. The summed E-state index contributed by atoms with van der Waals surface area (Å²) in [6, 6.07) is 6.55. The summed E-state index contributed by atoms with van der Waals surface area (Å²) in [5.74, 6) is -0.214. The Labute approximate surface area is 125 Å². The van der Waals surface area contributed by atoms with Gasteiger partial charge in [0.05, 0.1) is 22.0 Å². The van der Waals surface area contributed by atoms with E-state index in [1.807, 2.05) is 26.0 Å². The van der Waals surface area contributed by atoms with Gasteiger partial charge in [0, 0.05) is 5.39 Å². The van der Waals surface area contributed by atoms with E-state index in [9.17, 15) is 15.0 Å². The number of aryl methyl sites for hydroxylation is 2. The highest BCUT2D eigenvalue weighted by atomic mass is 16.3. The number of benzene rings is 2. The van der Waals surface area contributed by atoms with Crippen molar-refractivity contribution < 1.29 is 10.2 Å². The number of phenols is 2. The maximum atomic E-state index is 12.9. The van der Waals surface area contributed by atoms with E-state index in [1.54, 1.807) is 4.52 Å². The molecule has 0 unspecified atom stereocenters. The molecule has 0 aliphatic carbocycles. The van der Waals surface area contributed by atoms with Gasteiger partial charge in [0.2, 0.25) is 5.43 Å². The van der Waals surface area contributed by atoms with Crippen molar-refractivity contribution in [2.45, 2.75) is 20.3 Å². The van der Waals surface area contributed by atoms with Crippen LogP contribution in [-0.4, -0.2) is 19.8 Å². The largest absolute Gasteiger partial charge is 0.507 e. The van der Waals surface area contributed by atoms with Gasteiger partial charge in [-0.2, -0.15) is 5.10 Å². The second-order valence-corrected chi connectivity index (χ2v) is 5.52. The molecule has 110 valence electrons. The number of nitrogens with zero attached hydrogens (tertiary/aromatic N) is 2. The fourth-order valence-corrected chi connectivity index (χ4v) is 3.21. The van der Waals surface area contributed by atoms with Crippen molar-refractivity contribution in [1.82, 2.24) is 9.61 Å². The molecule has 0 saturated carbocycles. The zero-order chi connectivity index (χ0) is 15.6. The van der Waals surface area contributed by atoms with Crippen molar-refractivity contribution in [3.05, 3.63) is 45.7 Å². The van der Waals surface area contributed by atoms with Gasteiger partial charge < -0.3 is 10.2 Å². The first kappa shape index (κ1) is 12.9. The minimum Gasteiger partial charge on any atom is -0.507 e. The summed E-state index contributed by atoms with van der Waals surface area (Å²) in [4.78, 5) is 12.9. The number of fused-ring (bicyclic) bond motifs is 2. The summed E-state index contributed by atoms with van der Waals surface area (Å²) in [5, 5.41) is 26.4. The SMILES string of the molecule is CCc1nn2c3c(O)ccc(O)c3c(=O)c3c(C)ccc1c32. The van der Waals surface area contributed by atoms with E-state index in [0.717, 1.165) is 23.1 Å². The Morgan fingerprint density at radius 3 is 2.50 bits per heavy atom. The summed E-state index contributed by atoms with van der Waals surface area (Å²) in [6.07, 6.45) is 0.717. The molecule has 0 radical (unpaired) electrons.